The second-order valence-electron chi connectivity index (χ2n) is 5.30. The van der Waals surface area contributed by atoms with E-state index in [0.29, 0.717) is 24.9 Å². The molecule has 0 aromatic carbocycles. The van der Waals surface area contributed by atoms with E-state index in [1.165, 1.54) is 5.56 Å². The Bertz CT molecular complexity index is 663. The molecule has 7 heteroatoms. The highest BCUT2D eigenvalue weighted by Crippen LogP contribution is 2.11. The van der Waals surface area contributed by atoms with Crippen molar-refractivity contribution in [3.8, 4) is 0 Å². The van der Waals surface area contributed by atoms with Gasteiger partial charge < -0.3 is 15.1 Å². The van der Waals surface area contributed by atoms with Crippen molar-refractivity contribution in [1.82, 2.24) is 25.4 Å². The zero-order valence-electron chi connectivity index (χ0n) is 14.1. The Kier molecular flexibility index (Phi) is 4.85. The molecule has 0 radical (unpaired) electrons. The zero-order valence-corrected chi connectivity index (χ0v) is 14.1. The van der Waals surface area contributed by atoms with Crippen LogP contribution in [0.3, 0.4) is 0 Å². The van der Waals surface area contributed by atoms with E-state index in [0.717, 1.165) is 22.8 Å². The fourth-order valence-electron chi connectivity index (χ4n) is 2.24. The summed E-state index contributed by atoms with van der Waals surface area (Å²) in [5.74, 6) is 2.21. The molecule has 0 aliphatic heterocycles. The molecule has 120 valence electrons. The smallest absolute Gasteiger partial charge is 0.214 e. The van der Waals surface area contributed by atoms with Gasteiger partial charge in [-0.05, 0) is 27.7 Å². The van der Waals surface area contributed by atoms with Crippen LogP contribution in [0.2, 0.25) is 0 Å². The van der Waals surface area contributed by atoms with Crippen LogP contribution in [0.5, 0.6) is 0 Å². The third-order valence-electron chi connectivity index (χ3n) is 3.79. The van der Waals surface area contributed by atoms with Crippen LogP contribution < -0.4 is 10.6 Å². The Morgan fingerprint density at radius 1 is 1.14 bits per heavy atom. The van der Waals surface area contributed by atoms with E-state index in [1.54, 1.807) is 7.05 Å². The van der Waals surface area contributed by atoms with Crippen LogP contribution in [0.25, 0.3) is 0 Å². The Morgan fingerprint density at radius 2 is 1.82 bits per heavy atom. The number of oxazole rings is 1. The molecule has 0 unspecified atom stereocenters. The maximum absolute atomic E-state index is 5.54. The van der Waals surface area contributed by atoms with E-state index >= 15 is 0 Å². The van der Waals surface area contributed by atoms with Crippen LogP contribution >= 0.6 is 0 Å². The molecule has 0 amide bonds. The molecule has 0 saturated carbocycles. The highest BCUT2D eigenvalue weighted by Gasteiger charge is 2.10. The van der Waals surface area contributed by atoms with Crippen molar-refractivity contribution in [2.45, 2.75) is 40.8 Å². The molecule has 0 atom stereocenters. The third kappa shape index (κ3) is 3.47. The highest BCUT2D eigenvalue weighted by molar-refractivity contribution is 5.79. The van der Waals surface area contributed by atoms with Gasteiger partial charge in [0.1, 0.15) is 5.76 Å². The van der Waals surface area contributed by atoms with E-state index in [1.807, 2.05) is 32.5 Å². The molecule has 0 aliphatic rings. The molecule has 2 N–H and O–H groups in total. The molecule has 2 heterocycles. The molecule has 7 nitrogen and oxygen atoms in total. The van der Waals surface area contributed by atoms with Gasteiger partial charge in [-0.2, -0.15) is 5.10 Å². The Labute approximate surface area is 130 Å². The summed E-state index contributed by atoms with van der Waals surface area (Å²) < 4.78 is 7.43. The molecule has 22 heavy (non-hydrogen) atoms. The maximum atomic E-state index is 5.54. The quantitative estimate of drug-likeness (QED) is 0.661. The molecule has 2 aromatic heterocycles. The van der Waals surface area contributed by atoms with Crippen molar-refractivity contribution in [2.24, 2.45) is 12.0 Å². The normalized spacial score (nSPS) is 11.8. The zero-order chi connectivity index (χ0) is 16.3. The number of rotatable bonds is 4. The molecule has 2 rings (SSSR count). The van der Waals surface area contributed by atoms with Gasteiger partial charge in [-0.1, -0.05) is 0 Å². The van der Waals surface area contributed by atoms with Gasteiger partial charge in [0.15, 0.2) is 5.96 Å². The Hall–Kier alpha value is -2.31. The van der Waals surface area contributed by atoms with Gasteiger partial charge in [-0.3, -0.25) is 9.67 Å². The monoisotopic (exact) mass is 304 g/mol. The first kappa shape index (κ1) is 16.1. The molecule has 0 saturated heterocycles. The van der Waals surface area contributed by atoms with Crippen molar-refractivity contribution in [3.63, 3.8) is 0 Å². The first-order valence-electron chi connectivity index (χ1n) is 7.28. The minimum absolute atomic E-state index is 0.499. The van der Waals surface area contributed by atoms with Gasteiger partial charge in [0.05, 0.1) is 17.9 Å². The Balaban J connectivity index is 1.93. The summed E-state index contributed by atoms with van der Waals surface area (Å²) in [6.07, 6.45) is 0. The van der Waals surface area contributed by atoms with E-state index in [2.05, 4.69) is 32.6 Å². The third-order valence-corrected chi connectivity index (χ3v) is 3.79. The number of aromatic nitrogens is 3. The number of hydrogen-bond acceptors (Lipinski definition) is 4. The number of guanidine groups is 1. The van der Waals surface area contributed by atoms with Gasteiger partial charge >= 0.3 is 0 Å². The second kappa shape index (κ2) is 6.64. The molecular weight excluding hydrogens is 280 g/mol. The molecule has 0 bridgehead atoms. The topological polar surface area (TPSA) is 80.3 Å². The largest absolute Gasteiger partial charge is 0.444 e. The predicted octanol–water partition coefficient (Wildman–Crippen LogP) is 1.51. The van der Waals surface area contributed by atoms with Gasteiger partial charge in [-0.25, -0.2) is 4.98 Å². The van der Waals surface area contributed by atoms with Crippen molar-refractivity contribution in [2.75, 3.05) is 7.05 Å². The van der Waals surface area contributed by atoms with Crippen molar-refractivity contribution in [1.29, 1.82) is 0 Å². The standard InChI is InChI=1S/C15H24N6O/c1-9-12(4)22-14(19-9)8-18-15(16-5)17-7-13-10(2)20-21(6)11(13)3/h7-8H2,1-6H3,(H2,16,17,18). The van der Waals surface area contributed by atoms with Crippen molar-refractivity contribution in [3.05, 3.63) is 34.3 Å². The van der Waals surface area contributed by atoms with E-state index in [-0.39, 0.29) is 0 Å². The first-order valence-corrected chi connectivity index (χ1v) is 7.28. The number of hydrogen-bond donors (Lipinski definition) is 2. The fraction of sp³-hybridized carbons (Fsp3) is 0.533. The van der Waals surface area contributed by atoms with Crippen LogP contribution in [0, 0.1) is 27.7 Å². The van der Waals surface area contributed by atoms with E-state index in [9.17, 15) is 0 Å². The average molecular weight is 304 g/mol. The summed E-state index contributed by atoms with van der Waals surface area (Å²) in [4.78, 5) is 8.55. The first-order chi connectivity index (χ1) is 10.4. The lowest BCUT2D eigenvalue weighted by molar-refractivity contribution is 0.463. The number of aryl methyl sites for hydroxylation is 4. The van der Waals surface area contributed by atoms with E-state index in [4.69, 9.17) is 4.42 Å². The molecule has 0 spiro atoms. The lowest BCUT2D eigenvalue weighted by Crippen LogP contribution is -2.36. The van der Waals surface area contributed by atoms with Crippen LogP contribution in [0.4, 0.5) is 0 Å². The summed E-state index contributed by atoms with van der Waals surface area (Å²) in [7, 11) is 3.69. The van der Waals surface area contributed by atoms with Crippen LogP contribution in [0.1, 0.15) is 34.3 Å². The van der Waals surface area contributed by atoms with Gasteiger partial charge in [0.2, 0.25) is 5.89 Å². The summed E-state index contributed by atoms with van der Waals surface area (Å²) in [5.41, 5.74) is 4.29. The van der Waals surface area contributed by atoms with Gasteiger partial charge in [-0.15, -0.1) is 0 Å². The van der Waals surface area contributed by atoms with Gasteiger partial charge in [0.25, 0.3) is 0 Å². The van der Waals surface area contributed by atoms with Crippen LogP contribution in [0.15, 0.2) is 9.41 Å². The second-order valence-corrected chi connectivity index (χ2v) is 5.30. The summed E-state index contributed by atoms with van der Waals surface area (Å²) in [6, 6.07) is 0. The number of nitrogens with one attached hydrogen (secondary N) is 2. The van der Waals surface area contributed by atoms with Gasteiger partial charge in [0, 0.05) is 31.9 Å². The maximum Gasteiger partial charge on any atom is 0.214 e. The minimum atomic E-state index is 0.499. The molecule has 2 aromatic rings. The molecule has 0 fully saturated rings. The molecule has 0 aliphatic carbocycles. The summed E-state index contributed by atoms with van der Waals surface area (Å²) in [6.45, 7) is 9.09. The van der Waals surface area contributed by atoms with E-state index < -0.39 is 0 Å². The molecular formula is C15H24N6O. The highest BCUT2D eigenvalue weighted by atomic mass is 16.4. The summed E-state index contributed by atoms with van der Waals surface area (Å²) in [5, 5.41) is 10.9. The fourth-order valence-corrected chi connectivity index (χ4v) is 2.24. The lowest BCUT2D eigenvalue weighted by atomic mass is 10.2. The lowest BCUT2D eigenvalue weighted by Gasteiger charge is -2.11. The average Bonchev–Trinajstić information content (AvgIpc) is 2.92. The number of nitrogens with zero attached hydrogens (tertiary/aromatic N) is 4. The number of aliphatic imine (C=N–C) groups is 1. The Morgan fingerprint density at radius 3 is 2.32 bits per heavy atom. The SMILES string of the molecule is CN=C(NCc1nc(C)c(C)o1)NCc1c(C)nn(C)c1C. The van der Waals surface area contributed by atoms with Crippen LogP contribution in [-0.4, -0.2) is 27.8 Å². The summed E-state index contributed by atoms with van der Waals surface area (Å²) >= 11 is 0. The van der Waals surface area contributed by atoms with Crippen LogP contribution in [-0.2, 0) is 20.1 Å². The predicted molar refractivity (Wildman–Crippen MR) is 85.7 cm³/mol. The van der Waals surface area contributed by atoms with Crippen molar-refractivity contribution >= 4 is 5.96 Å². The van der Waals surface area contributed by atoms with Crippen molar-refractivity contribution < 1.29 is 4.42 Å². The minimum Gasteiger partial charge on any atom is -0.444 e.